The van der Waals surface area contributed by atoms with E-state index in [-0.39, 0.29) is 5.91 Å². The van der Waals surface area contributed by atoms with Crippen LogP contribution < -0.4 is 10.1 Å². The van der Waals surface area contributed by atoms with Crippen LogP contribution in [0.5, 0.6) is 11.5 Å². The second kappa shape index (κ2) is 5.68. The van der Waals surface area contributed by atoms with Crippen molar-refractivity contribution in [3.8, 4) is 11.5 Å². The maximum Gasteiger partial charge on any atom is 0.259 e. The summed E-state index contributed by atoms with van der Waals surface area (Å²) < 4.78 is 5.93. The van der Waals surface area contributed by atoms with E-state index in [1.54, 1.807) is 0 Å². The number of amides is 1. The fraction of sp³-hybridized carbons (Fsp3) is 0.211. The molecule has 1 aliphatic heterocycles. The van der Waals surface area contributed by atoms with Gasteiger partial charge in [-0.25, -0.2) is 0 Å². The van der Waals surface area contributed by atoms with E-state index >= 15 is 0 Å². The van der Waals surface area contributed by atoms with Crippen molar-refractivity contribution in [2.24, 2.45) is 0 Å². The molecule has 3 nitrogen and oxygen atoms in total. The Morgan fingerprint density at radius 2 is 1.86 bits per heavy atom. The number of carbonyl (C=O) groups excluding carboxylic acids is 1. The zero-order chi connectivity index (χ0) is 15.7. The van der Waals surface area contributed by atoms with Gasteiger partial charge in [0.15, 0.2) is 0 Å². The Balaban J connectivity index is 1.92. The van der Waals surface area contributed by atoms with Crippen molar-refractivity contribution in [3.63, 3.8) is 0 Å². The van der Waals surface area contributed by atoms with Gasteiger partial charge in [-0.1, -0.05) is 44.7 Å². The summed E-state index contributed by atoms with van der Waals surface area (Å²) >= 11 is 0. The van der Waals surface area contributed by atoms with E-state index in [9.17, 15) is 4.79 Å². The molecule has 0 fully saturated rings. The molecule has 0 bridgehead atoms. The van der Waals surface area contributed by atoms with E-state index in [0.717, 1.165) is 17.0 Å². The van der Waals surface area contributed by atoms with E-state index in [2.05, 4.69) is 37.9 Å². The first-order valence-corrected chi connectivity index (χ1v) is 7.43. The lowest BCUT2D eigenvalue weighted by Gasteiger charge is -2.21. The molecule has 112 valence electrons. The average Bonchev–Trinajstić information content (AvgIpc) is 2.47. The number of allylic oxidation sites excluding steroid dienone is 1. The van der Waals surface area contributed by atoms with E-state index in [4.69, 9.17) is 4.74 Å². The number of benzene rings is 2. The zero-order valence-electron chi connectivity index (χ0n) is 12.8. The summed E-state index contributed by atoms with van der Waals surface area (Å²) in [5.41, 5.74) is 3.53. The van der Waals surface area contributed by atoms with E-state index < -0.39 is 0 Å². The highest BCUT2D eigenvalue weighted by Gasteiger charge is 2.23. The van der Waals surface area contributed by atoms with Crippen LogP contribution in [-0.2, 0) is 6.42 Å². The first kappa shape index (κ1) is 14.4. The third kappa shape index (κ3) is 2.75. The summed E-state index contributed by atoms with van der Waals surface area (Å²) in [4.78, 5) is 12.2. The molecule has 0 radical (unpaired) electrons. The molecule has 3 heteroatoms. The van der Waals surface area contributed by atoms with Crippen LogP contribution in [0.3, 0.4) is 0 Å². The first-order valence-electron chi connectivity index (χ1n) is 7.43. The van der Waals surface area contributed by atoms with Gasteiger partial charge in [-0.05, 0) is 35.2 Å². The molecule has 0 unspecified atom stereocenters. The molecule has 0 aromatic heterocycles. The third-order valence-electron chi connectivity index (χ3n) is 3.81. The highest BCUT2D eigenvalue weighted by molar-refractivity contribution is 6.00. The highest BCUT2D eigenvalue weighted by Crippen LogP contribution is 2.31. The normalized spacial score (nSPS) is 13.8. The Morgan fingerprint density at radius 1 is 1.14 bits per heavy atom. The van der Waals surface area contributed by atoms with Crippen LogP contribution in [0.25, 0.3) is 0 Å². The summed E-state index contributed by atoms with van der Waals surface area (Å²) in [7, 11) is 0. The maximum atomic E-state index is 12.2. The standard InChI is InChI=1S/C19H19NO2/c1-12(2)14-7-9-16(10-8-14)22-17-6-4-5-15-11-13(3)20-19(21)18(15)17/h4-10,12H,3,11H2,1-2H3,(H,20,21). The van der Waals surface area contributed by atoms with Gasteiger partial charge in [-0.2, -0.15) is 0 Å². The van der Waals surface area contributed by atoms with Gasteiger partial charge in [-0.3, -0.25) is 4.79 Å². The fourth-order valence-electron chi connectivity index (χ4n) is 2.61. The lowest BCUT2D eigenvalue weighted by Crippen LogP contribution is -2.29. The number of hydrogen-bond donors (Lipinski definition) is 1. The second-order valence-corrected chi connectivity index (χ2v) is 5.85. The van der Waals surface area contributed by atoms with Crippen molar-refractivity contribution in [1.29, 1.82) is 0 Å². The molecule has 0 spiro atoms. The molecule has 0 saturated heterocycles. The fourth-order valence-corrected chi connectivity index (χ4v) is 2.61. The number of nitrogens with one attached hydrogen (secondary N) is 1. The molecule has 2 aromatic carbocycles. The van der Waals surface area contributed by atoms with Gasteiger partial charge in [0.25, 0.3) is 5.91 Å². The molecule has 0 aliphatic carbocycles. The number of hydrogen-bond acceptors (Lipinski definition) is 2. The molecule has 0 atom stereocenters. The van der Waals surface area contributed by atoms with Crippen LogP contribution in [0, 0.1) is 0 Å². The van der Waals surface area contributed by atoms with Gasteiger partial charge in [0.05, 0.1) is 5.56 Å². The van der Waals surface area contributed by atoms with E-state index in [1.165, 1.54) is 5.56 Å². The van der Waals surface area contributed by atoms with Crippen LogP contribution in [0.1, 0.15) is 41.3 Å². The molecule has 1 amide bonds. The molecular formula is C19H19NO2. The van der Waals surface area contributed by atoms with Gasteiger partial charge >= 0.3 is 0 Å². The van der Waals surface area contributed by atoms with Gasteiger partial charge in [0.2, 0.25) is 0 Å². The predicted molar refractivity (Wildman–Crippen MR) is 87.4 cm³/mol. The Bertz CT molecular complexity index is 730. The van der Waals surface area contributed by atoms with Crippen LogP contribution in [0.4, 0.5) is 0 Å². The highest BCUT2D eigenvalue weighted by atomic mass is 16.5. The van der Waals surface area contributed by atoms with Gasteiger partial charge in [-0.15, -0.1) is 0 Å². The minimum atomic E-state index is -0.152. The maximum absolute atomic E-state index is 12.2. The summed E-state index contributed by atoms with van der Waals surface area (Å²) in [6.45, 7) is 8.14. The van der Waals surface area contributed by atoms with Gasteiger partial charge in [0.1, 0.15) is 11.5 Å². The minimum absolute atomic E-state index is 0.152. The molecule has 2 aromatic rings. The molecule has 3 rings (SSSR count). The van der Waals surface area contributed by atoms with E-state index in [0.29, 0.717) is 23.7 Å². The van der Waals surface area contributed by atoms with Crippen LogP contribution in [0.15, 0.2) is 54.7 Å². The van der Waals surface area contributed by atoms with Crippen LogP contribution in [0.2, 0.25) is 0 Å². The molecule has 1 N–H and O–H groups in total. The predicted octanol–water partition coefficient (Wildman–Crippen LogP) is 4.40. The summed E-state index contributed by atoms with van der Waals surface area (Å²) in [6, 6.07) is 13.6. The van der Waals surface area contributed by atoms with Crippen molar-refractivity contribution in [1.82, 2.24) is 5.32 Å². The molecule has 1 aliphatic rings. The largest absolute Gasteiger partial charge is 0.457 e. The SMILES string of the molecule is C=C1Cc2cccc(Oc3ccc(C(C)C)cc3)c2C(=O)N1. The Labute approximate surface area is 130 Å². The third-order valence-corrected chi connectivity index (χ3v) is 3.81. The van der Waals surface area contributed by atoms with Crippen molar-refractivity contribution < 1.29 is 9.53 Å². The zero-order valence-corrected chi connectivity index (χ0v) is 12.8. The number of rotatable bonds is 3. The summed E-state index contributed by atoms with van der Waals surface area (Å²) in [6.07, 6.45) is 0.643. The topological polar surface area (TPSA) is 38.3 Å². The van der Waals surface area contributed by atoms with Gasteiger partial charge < -0.3 is 10.1 Å². The van der Waals surface area contributed by atoms with Crippen LogP contribution in [-0.4, -0.2) is 5.91 Å². The summed E-state index contributed by atoms with van der Waals surface area (Å²) in [5, 5.41) is 2.77. The quantitative estimate of drug-likeness (QED) is 0.910. The Kier molecular flexibility index (Phi) is 3.72. The molecular weight excluding hydrogens is 274 g/mol. The van der Waals surface area contributed by atoms with Crippen LogP contribution >= 0.6 is 0 Å². The number of fused-ring (bicyclic) bond motifs is 1. The second-order valence-electron chi connectivity index (χ2n) is 5.85. The minimum Gasteiger partial charge on any atom is -0.457 e. The lowest BCUT2D eigenvalue weighted by molar-refractivity contribution is 0.0957. The molecule has 0 saturated carbocycles. The Hall–Kier alpha value is -2.55. The van der Waals surface area contributed by atoms with Crippen molar-refractivity contribution >= 4 is 5.91 Å². The van der Waals surface area contributed by atoms with Crippen molar-refractivity contribution in [2.45, 2.75) is 26.2 Å². The first-order chi connectivity index (χ1) is 10.5. The average molecular weight is 293 g/mol. The Morgan fingerprint density at radius 3 is 2.55 bits per heavy atom. The molecule has 22 heavy (non-hydrogen) atoms. The lowest BCUT2D eigenvalue weighted by atomic mass is 9.98. The monoisotopic (exact) mass is 293 g/mol. The summed E-state index contributed by atoms with van der Waals surface area (Å²) in [5.74, 6) is 1.64. The van der Waals surface area contributed by atoms with Gasteiger partial charge in [0, 0.05) is 12.1 Å². The smallest absolute Gasteiger partial charge is 0.259 e. The van der Waals surface area contributed by atoms with Crippen molar-refractivity contribution in [3.05, 3.63) is 71.4 Å². The number of ether oxygens (including phenoxy) is 1. The van der Waals surface area contributed by atoms with Crippen molar-refractivity contribution in [2.75, 3.05) is 0 Å². The van der Waals surface area contributed by atoms with E-state index in [1.807, 2.05) is 30.3 Å². The number of carbonyl (C=O) groups is 1. The molecule has 1 heterocycles.